The van der Waals surface area contributed by atoms with Gasteiger partial charge < -0.3 is 10.5 Å². The van der Waals surface area contributed by atoms with Crippen LogP contribution >= 0.6 is 11.3 Å². The summed E-state index contributed by atoms with van der Waals surface area (Å²) in [7, 11) is 1.69. The highest BCUT2D eigenvalue weighted by Crippen LogP contribution is 2.33. The molecule has 0 radical (unpaired) electrons. The highest BCUT2D eigenvalue weighted by atomic mass is 32.1. The maximum absolute atomic E-state index is 5.63. The second-order valence-electron chi connectivity index (χ2n) is 3.22. The Morgan fingerprint density at radius 1 is 1.33 bits per heavy atom. The average molecular weight is 219 g/mol. The summed E-state index contributed by atoms with van der Waals surface area (Å²) in [6, 6.07) is 10.2. The fourth-order valence-electron chi connectivity index (χ4n) is 1.51. The summed E-state index contributed by atoms with van der Waals surface area (Å²) in [5.74, 6) is 0.898. The molecule has 2 rings (SSSR count). The second-order valence-corrected chi connectivity index (χ2v) is 4.16. The fraction of sp³-hybridized carbons (Fsp3) is 0.167. The summed E-state index contributed by atoms with van der Waals surface area (Å²) < 4.78 is 5.33. The number of rotatable bonds is 3. The molecule has 0 amide bonds. The monoisotopic (exact) mass is 219 g/mol. The van der Waals surface area contributed by atoms with Crippen LogP contribution in [0.4, 0.5) is 0 Å². The molecule has 15 heavy (non-hydrogen) atoms. The molecular formula is C12H13NOS. The maximum atomic E-state index is 5.63. The molecule has 2 nitrogen and oxygen atoms in total. The van der Waals surface area contributed by atoms with Crippen molar-refractivity contribution in [3.63, 3.8) is 0 Å². The number of thiophene rings is 1. The van der Waals surface area contributed by atoms with E-state index < -0.39 is 0 Å². The van der Waals surface area contributed by atoms with Crippen LogP contribution in [0.2, 0.25) is 0 Å². The molecule has 1 heterocycles. The SMILES string of the molecule is COc1ccc(CN)cc1-c1cccs1. The van der Waals surface area contributed by atoms with Crippen LogP contribution in [-0.4, -0.2) is 7.11 Å². The van der Waals surface area contributed by atoms with E-state index in [9.17, 15) is 0 Å². The van der Waals surface area contributed by atoms with Gasteiger partial charge >= 0.3 is 0 Å². The van der Waals surface area contributed by atoms with Gasteiger partial charge in [0, 0.05) is 17.0 Å². The molecule has 1 aromatic heterocycles. The quantitative estimate of drug-likeness (QED) is 0.861. The maximum Gasteiger partial charge on any atom is 0.127 e. The minimum absolute atomic E-state index is 0.558. The lowest BCUT2D eigenvalue weighted by molar-refractivity contribution is 0.416. The Balaban J connectivity index is 2.52. The Bertz CT molecular complexity index is 437. The summed E-state index contributed by atoms with van der Waals surface area (Å²) in [6.07, 6.45) is 0. The summed E-state index contributed by atoms with van der Waals surface area (Å²) in [5, 5.41) is 2.06. The van der Waals surface area contributed by atoms with Crippen molar-refractivity contribution in [2.45, 2.75) is 6.54 Å². The van der Waals surface area contributed by atoms with Gasteiger partial charge in [0.05, 0.1) is 7.11 Å². The third kappa shape index (κ3) is 2.03. The van der Waals surface area contributed by atoms with E-state index in [0.29, 0.717) is 6.54 Å². The Hall–Kier alpha value is -1.32. The summed E-state index contributed by atoms with van der Waals surface area (Å²) in [6.45, 7) is 0.558. The zero-order valence-corrected chi connectivity index (χ0v) is 9.38. The number of ether oxygens (including phenoxy) is 1. The predicted molar refractivity (Wildman–Crippen MR) is 64.2 cm³/mol. The van der Waals surface area contributed by atoms with E-state index in [1.807, 2.05) is 18.2 Å². The standard InChI is InChI=1S/C12H13NOS/c1-14-11-5-4-9(8-13)7-10(11)12-3-2-6-15-12/h2-7H,8,13H2,1H3. The first kappa shape index (κ1) is 10.2. The van der Waals surface area contributed by atoms with Gasteiger partial charge in [0.1, 0.15) is 5.75 Å². The highest BCUT2D eigenvalue weighted by molar-refractivity contribution is 7.13. The van der Waals surface area contributed by atoms with Gasteiger partial charge in [-0.15, -0.1) is 11.3 Å². The molecule has 0 bridgehead atoms. The Labute approximate surface area is 93.3 Å². The number of hydrogen-bond acceptors (Lipinski definition) is 3. The van der Waals surface area contributed by atoms with Gasteiger partial charge in [-0.1, -0.05) is 12.1 Å². The molecular weight excluding hydrogens is 206 g/mol. The third-order valence-corrected chi connectivity index (χ3v) is 3.19. The molecule has 0 saturated heterocycles. The van der Waals surface area contributed by atoms with Crippen molar-refractivity contribution < 1.29 is 4.74 Å². The van der Waals surface area contributed by atoms with Crippen molar-refractivity contribution in [2.75, 3.05) is 7.11 Å². The van der Waals surface area contributed by atoms with E-state index in [-0.39, 0.29) is 0 Å². The van der Waals surface area contributed by atoms with Crippen molar-refractivity contribution in [1.82, 2.24) is 0 Å². The van der Waals surface area contributed by atoms with Gasteiger partial charge in [0.15, 0.2) is 0 Å². The smallest absolute Gasteiger partial charge is 0.127 e. The lowest BCUT2D eigenvalue weighted by atomic mass is 10.1. The summed E-state index contributed by atoms with van der Waals surface area (Å²) in [4.78, 5) is 1.21. The molecule has 0 aliphatic heterocycles. The Kier molecular flexibility index (Phi) is 3.04. The molecule has 0 unspecified atom stereocenters. The van der Waals surface area contributed by atoms with Crippen molar-refractivity contribution in [1.29, 1.82) is 0 Å². The van der Waals surface area contributed by atoms with E-state index in [1.165, 1.54) is 4.88 Å². The van der Waals surface area contributed by atoms with Crippen LogP contribution in [0.15, 0.2) is 35.7 Å². The number of nitrogens with two attached hydrogens (primary N) is 1. The number of hydrogen-bond donors (Lipinski definition) is 1. The first-order valence-corrected chi connectivity index (χ1v) is 5.64. The number of methoxy groups -OCH3 is 1. The molecule has 0 fully saturated rings. The topological polar surface area (TPSA) is 35.2 Å². The van der Waals surface area contributed by atoms with Crippen molar-refractivity contribution in [2.24, 2.45) is 5.73 Å². The first-order chi connectivity index (χ1) is 7.35. The van der Waals surface area contributed by atoms with Crippen molar-refractivity contribution >= 4 is 11.3 Å². The van der Waals surface area contributed by atoms with Crippen LogP contribution in [0.3, 0.4) is 0 Å². The summed E-state index contributed by atoms with van der Waals surface area (Å²) >= 11 is 1.70. The molecule has 2 aromatic rings. The molecule has 0 atom stereocenters. The van der Waals surface area contributed by atoms with Gasteiger partial charge in [0.2, 0.25) is 0 Å². The lowest BCUT2D eigenvalue weighted by Gasteiger charge is -2.08. The third-order valence-electron chi connectivity index (χ3n) is 2.29. The van der Waals surface area contributed by atoms with Gasteiger partial charge in [-0.25, -0.2) is 0 Å². The highest BCUT2D eigenvalue weighted by Gasteiger charge is 2.07. The molecule has 0 aliphatic carbocycles. The molecule has 0 saturated carbocycles. The minimum atomic E-state index is 0.558. The van der Waals surface area contributed by atoms with E-state index in [2.05, 4.69) is 17.5 Å². The van der Waals surface area contributed by atoms with E-state index in [0.717, 1.165) is 16.9 Å². The van der Waals surface area contributed by atoms with Gasteiger partial charge in [-0.2, -0.15) is 0 Å². The zero-order valence-electron chi connectivity index (χ0n) is 8.57. The Morgan fingerprint density at radius 2 is 2.20 bits per heavy atom. The fourth-order valence-corrected chi connectivity index (χ4v) is 2.25. The zero-order chi connectivity index (χ0) is 10.7. The molecule has 78 valence electrons. The molecule has 0 aliphatic rings. The van der Waals surface area contributed by atoms with Crippen LogP contribution in [0, 0.1) is 0 Å². The van der Waals surface area contributed by atoms with E-state index in [1.54, 1.807) is 18.4 Å². The van der Waals surface area contributed by atoms with Crippen molar-refractivity contribution in [3.8, 4) is 16.2 Å². The average Bonchev–Trinajstić information content (AvgIpc) is 2.81. The second kappa shape index (κ2) is 4.47. The van der Waals surface area contributed by atoms with Crippen LogP contribution in [0.1, 0.15) is 5.56 Å². The van der Waals surface area contributed by atoms with E-state index >= 15 is 0 Å². The van der Waals surface area contributed by atoms with Crippen LogP contribution in [-0.2, 0) is 6.54 Å². The number of benzene rings is 1. The molecule has 1 aromatic carbocycles. The molecule has 2 N–H and O–H groups in total. The predicted octanol–water partition coefficient (Wildman–Crippen LogP) is 2.88. The minimum Gasteiger partial charge on any atom is -0.496 e. The van der Waals surface area contributed by atoms with Gasteiger partial charge in [-0.3, -0.25) is 0 Å². The van der Waals surface area contributed by atoms with Crippen LogP contribution < -0.4 is 10.5 Å². The van der Waals surface area contributed by atoms with Crippen LogP contribution in [0.5, 0.6) is 5.75 Å². The first-order valence-electron chi connectivity index (χ1n) is 4.76. The lowest BCUT2D eigenvalue weighted by Crippen LogP contribution is -1.97. The van der Waals surface area contributed by atoms with Gasteiger partial charge in [-0.05, 0) is 29.1 Å². The molecule has 0 spiro atoms. The molecule has 3 heteroatoms. The largest absolute Gasteiger partial charge is 0.496 e. The Morgan fingerprint density at radius 3 is 2.80 bits per heavy atom. The summed E-state index contributed by atoms with van der Waals surface area (Å²) in [5.41, 5.74) is 7.87. The van der Waals surface area contributed by atoms with Crippen LogP contribution in [0.25, 0.3) is 10.4 Å². The van der Waals surface area contributed by atoms with E-state index in [4.69, 9.17) is 10.5 Å². The normalized spacial score (nSPS) is 10.3. The van der Waals surface area contributed by atoms with Crippen molar-refractivity contribution in [3.05, 3.63) is 41.3 Å². The van der Waals surface area contributed by atoms with Gasteiger partial charge in [0.25, 0.3) is 0 Å².